The molecular formula is C24H27ClN4O2S. The highest BCUT2D eigenvalue weighted by atomic mass is 35.5. The Hall–Kier alpha value is -2.77. The molecule has 0 aliphatic carbocycles. The van der Waals surface area contributed by atoms with E-state index >= 15 is 0 Å². The normalized spacial score (nSPS) is 11.8. The van der Waals surface area contributed by atoms with Crippen LogP contribution in [0.2, 0.25) is 5.02 Å². The summed E-state index contributed by atoms with van der Waals surface area (Å²) in [5.41, 5.74) is 4.06. The SMILES string of the molecule is C=CCn1c(SCC(=O)Nc2cccc(C)c2C)nnc1C(C)Oc1cc(C)ccc1Cl. The molecular weight excluding hydrogens is 444 g/mol. The first-order chi connectivity index (χ1) is 15.3. The van der Waals surface area contributed by atoms with Gasteiger partial charge < -0.3 is 10.1 Å². The number of nitrogens with one attached hydrogen (secondary N) is 1. The summed E-state index contributed by atoms with van der Waals surface area (Å²) in [5.74, 6) is 1.34. The molecule has 3 aromatic rings. The smallest absolute Gasteiger partial charge is 0.234 e. The molecule has 1 amide bonds. The van der Waals surface area contributed by atoms with Crippen molar-refractivity contribution in [2.75, 3.05) is 11.1 Å². The summed E-state index contributed by atoms with van der Waals surface area (Å²) >= 11 is 7.60. The lowest BCUT2D eigenvalue weighted by Gasteiger charge is -2.17. The number of anilines is 1. The van der Waals surface area contributed by atoms with Gasteiger partial charge in [-0.3, -0.25) is 9.36 Å². The Balaban J connectivity index is 1.71. The number of ether oxygens (including phenoxy) is 1. The van der Waals surface area contributed by atoms with Gasteiger partial charge in [0.25, 0.3) is 0 Å². The lowest BCUT2D eigenvalue weighted by Crippen LogP contribution is -2.16. The van der Waals surface area contributed by atoms with Gasteiger partial charge in [0.1, 0.15) is 5.75 Å². The van der Waals surface area contributed by atoms with Crippen LogP contribution in [0.5, 0.6) is 5.75 Å². The standard InChI is InChI=1S/C24H27ClN4O2S/c1-6-12-29-23(18(5)31-21-13-15(2)10-11-19(21)25)27-28-24(29)32-14-22(30)26-20-9-7-8-16(3)17(20)4/h6-11,13,18H,1,12,14H2,2-5H3,(H,26,30). The van der Waals surface area contributed by atoms with Crippen LogP contribution in [0, 0.1) is 20.8 Å². The molecule has 168 valence electrons. The molecule has 6 nitrogen and oxygen atoms in total. The molecule has 1 atom stereocenters. The van der Waals surface area contributed by atoms with Crippen molar-refractivity contribution in [3.63, 3.8) is 0 Å². The quantitative estimate of drug-likeness (QED) is 0.311. The van der Waals surface area contributed by atoms with Crippen molar-refractivity contribution in [3.8, 4) is 5.75 Å². The number of aromatic nitrogens is 3. The van der Waals surface area contributed by atoms with Gasteiger partial charge in [-0.05, 0) is 62.6 Å². The number of rotatable bonds is 9. The van der Waals surface area contributed by atoms with Gasteiger partial charge >= 0.3 is 0 Å². The maximum Gasteiger partial charge on any atom is 0.234 e. The molecule has 0 saturated carbocycles. The topological polar surface area (TPSA) is 69.0 Å². The zero-order valence-electron chi connectivity index (χ0n) is 18.7. The van der Waals surface area contributed by atoms with Crippen LogP contribution in [0.1, 0.15) is 35.5 Å². The highest BCUT2D eigenvalue weighted by molar-refractivity contribution is 7.99. The zero-order chi connectivity index (χ0) is 23.3. The number of hydrogen-bond donors (Lipinski definition) is 1. The van der Waals surface area contributed by atoms with E-state index in [1.807, 2.05) is 68.7 Å². The van der Waals surface area contributed by atoms with Gasteiger partial charge in [0.05, 0.1) is 10.8 Å². The average Bonchev–Trinajstić information content (AvgIpc) is 3.15. The fourth-order valence-corrected chi connectivity index (χ4v) is 4.07. The van der Waals surface area contributed by atoms with Crippen molar-refractivity contribution in [3.05, 3.63) is 76.6 Å². The summed E-state index contributed by atoms with van der Waals surface area (Å²) < 4.78 is 7.96. The molecule has 2 aromatic carbocycles. The number of hydrogen-bond acceptors (Lipinski definition) is 5. The minimum absolute atomic E-state index is 0.103. The molecule has 0 radical (unpaired) electrons. The molecule has 0 aliphatic heterocycles. The second-order valence-corrected chi connectivity index (χ2v) is 8.87. The van der Waals surface area contributed by atoms with Gasteiger partial charge in [-0.2, -0.15) is 0 Å². The van der Waals surface area contributed by atoms with E-state index in [-0.39, 0.29) is 17.8 Å². The van der Waals surface area contributed by atoms with Crippen molar-refractivity contribution in [1.29, 1.82) is 0 Å². The molecule has 1 aromatic heterocycles. The summed E-state index contributed by atoms with van der Waals surface area (Å²) in [6.07, 6.45) is 1.37. The number of halogens is 1. The number of thioether (sulfide) groups is 1. The molecule has 0 aliphatic rings. The van der Waals surface area contributed by atoms with E-state index in [4.69, 9.17) is 16.3 Å². The van der Waals surface area contributed by atoms with E-state index in [1.54, 1.807) is 6.08 Å². The monoisotopic (exact) mass is 470 g/mol. The number of benzene rings is 2. The fraction of sp³-hybridized carbons (Fsp3) is 0.292. The molecule has 0 spiro atoms. The van der Waals surface area contributed by atoms with Gasteiger partial charge in [0, 0.05) is 12.2 Å². The van der Waals surface area contributed by atoms with Crippen molar-refractivity contribution < 1.29 is 9.53 Å². The van der Waals surface area contributed by atoms with Crippen molar-refractivity contribution >= 4 is 35.0 Å². The molecule has 8 heteroatoms. The largest absolute Gasteiger partial charge is 0.481 e. The molecule has 0 fully saturated rings. The Morgan fingerprint density at radius 2 is 2.06 bits per heavy atom. The zero-order valence-corrected chi connectivity index (χ0v) is 20.3. The maximum atomic E-state index is 12.5. The lowest BCUT2D eigenvalue weighted by atomic mass is 10.1. The number of amides is 1. The van der Waals surface area contributed by atoms with Crippen LogP contribution in [0.4, 0.5) is 5.69 Å². The second kappa shape index (κ2) is 10.7. The van der Waals surface area contributed by atoms with E-state index in [1.165, 1.54) is 11.8 Å². The van der Waals surface area contributed by atoms with E-state index in [0.717, 1.165) is 22.4 Å². The van der Waals surface area contributed by atoms with Crippen LogP contribution in [-0.4, -0.2) is 26.4 Å². The second-order valence-electron chi connectivity index (χ2n) is 7.52. The molecule has 32 heavy (non-hydrogen) atoms. The molecule has 1 unspecified atom stereocenters. The molecule has 0 bridgehead atoms. The number of carbonyl (C=O) groups excluding carboxylic acids is 1. The summed E-state index contributed by atoms with van der Waals surface area (Å²) in [6.45, 7) is 12.2. The third-order valence-corrected chi connectivity index (χ3v) is 6.30. The summed E-state index contributed by atoms with van der Waals surface area (Å²) in [6, 6.07) is 11.5. The maximum absolute atomic E-state index is 12.5. The minimum atomic E-state index is -0.389. The first-order valence-electron chi connectivity index (χ1n) is 10.3. The van der Waals surface area contributed by atoms with Crippen molar-refractivity contribution in [1.82, 2.24) is 14.8 Å². The van der Waals surface area contributed by atoms with Crippen LogP contribution in [0.3, 0.4) is 0 Å². The Bertz CT molecular complexity index is 1130. The number of nitrogens with zero attached hydrogens (tertiary/aromatic N) is 3. The lowest BCUT2D eigenvalue weighted by molar-refractivity contribution is -0.113. The van der Waals surface area contributed by atoms with E-state index in [0.29, 0.717) is 28.3 Å². The van der Waals surface area contributed by atoms with E-state index in [2.05, 4.69) is 22.1 Å². The predicted octanol–water partition coefficient (Wildman–Crippen LogP) is 5.91. The predicted molar refractivity (Wildman–Crippen MR) is 131 cm³/mol. The Morgan fingerprint density at radius 1 is 1.28 bits per heavy atom. The highest BCUT2D eigenvalue weighted by Crippen LogP contribution is 2.30. The van der Waals surface area contributed by atoms with Gasteiger partial charge in [-0.25, -0.2) is 0 Å². The van der Waals surface area contributed by atoms with Gasteiger partial charge in [-0.1, -0.05) is 47.6 Å². The Kier molecular flexibility index (Phi) is 7.99. The Morgan fingerprint density at radius 3 is 2.81 bits per heavy atom. The fourth-order valence-electron chi connectivity index (χ4n) is 3.16. The summed E-state index contributed by atoms with van der Waals surface area (Å²) in [5, 5.41) is 12.7. The number of aryl methyl sites for hydroxylation is 2. The van der Waals surface area contributed by atoms with E-state index in [9.17, 15) is 4.79 Å². The molecule has 1 N–H and O–H groups in total. The number of carbonyl (C=O) groups is 1. The van der Waals surface area contributed by atoms with Crippen LogP contribution in [-0.2, 0) is 11.3 Å². The Labute approximate surface area is 198 Å². The van der Waals surface area contributed by atoms with Gasteiger partial charge in [0.15, 0.2) is 17.1 Å². The molecule has 0 saturated heterocycles. The third-order valence-electron chi connectivity index (χ3n) is 5.02. The van der Waals surface area contributed by atoms with Crippen LogP contribution in [0.25, 0.3) is 0 Å². The van der Waals surface area contributed by atoms with Gasteiger partial charge in [0.2, 0.25) is 5.91 Å². The third kappa shape index (κ3) is 5.72. The highest BCUT2D eigenvalue weighted by Gasteiger charge is 2.20. The summed E-state index contributed by atoms with van der Waals surface area (Å²) in [4.78, 5) is 12.5. The van der Waals surface area contributed by atoms with Crippen LogP contribution >= 0.6 is 23.4 Å². The van der Waals surface area contributed by atoms with Gasteiger partial charge in [-0.15, -0.1) is 16.8 Å². The first kappa shape index (κ1) is 23.9. The summed E-state index contributed by atoms with van der Waals surface area (Å²) in [7, 11) is 0. The van der Waals surface area contributed by atoms with Crippen molar-refractivity contribution in [2.45, 2.75) is 45.5 Å². The van der Waals surface area contributed by atoms with Crippen LogP contribution in [0.15, 0.2) is 54.2 Å². The van der Waals surface area contributed by atoms with Crippen LogP contribution < -0.4 is 10.1 Å². The average molecular weight is 471 g/mol. The van der Waals surface area contributed by atoms with E-state index < -0.39 is 0 Å². The number of allylic oxidation sites excluding steroid dienone is 1. The first-order valence-corrected chi connectivity index (χ1v) is 11.6. The van der Waals surface area contributed by atoms with Crippen molar-refractivity contribution in [2.24, 2.45) is 0 Å². The minimum Gasteiger partial charge on any atom is -0.481 e. The molecule has 1 heterocycles. The molecule has 3 rings (SSSR count).